The van der Waals surface area contributed by atoms with Crippen LogP contribution in [0.15, 0.2) is 30.3 Å². The molecule has 1 aliphatic carbocycles. The third kappa shape index (κ3) is 3.75. The molecular weight excluding hydrogens is 226 g/mol. The summed E-state index contributed by atoms with van der Waals surface area (Å²) in [4.78, 5) is 0. The Morgan fingerprint density at radius 1 is 1.29 bits per heavy atom. The van der Waals surface area contributed by atoms with Crippen LogP contribution in [-0.2, 0) is 0 Å². The topological polar surface area (TPSA) is 12.0 Å². The maximum Gasteiger partial charge on any atom is 0.0132 e. The Labute approximate surface area is 109 Å². The predicted molar refractivity (Wildman–Crippen MR) is 77.8 cm³/mol. The lowest BCUT2D eigenvalue weighted by atomic mass is 9.75. The Hall–Kier alpha value is -0.470. The molecule has 1 N–H and O–H groups in total. The van der Waals surface area contributed by atoms with E-state index in [0.717, 1.165) is 12.0 Å². The molecule has 1 aromatic carbocycles. The number of rotatable bonds is 6. The molecule has 0 radical (unpaired) electrons. The summed E-state index contributed by atoms with van der Waals surface area (Å²) in [5.74, 6) is 3.26. The molecule has 2 rings (SSSR count). The molecule has 0 heterocycles. The van der Waals surface area contributed by atoms with Crippen molar-refractivity contribution in [2.24, 2.45) is 0 Å². The van der Waals surface area contributed by atoms with Gasteiger partial charge in [0.25, 0.3) is 0 Å². The third-order valence-electron chi connectivity index (χ3n) is 3.50. The Morgan fingerprint density at radius 3 is 2.65 bits per heavy atom. The van der Waals surface area contributed by atoms with Crippen LogP contribution >= 0.6 is 11.8 Å². The first-order valence-corrected chi connectivity index (χ1v) is 7.83. The van der Waals surface area contributed by atoms with E-state index in [1.807, 2.05) is 11.8 Å². The average Bonchev–Trinajstić information content (AvgIpc) is 2.31. The first-order chi connectivity index (χ1) is 8.29. The van der Waals surface area contributed by atoms with Crippen LogP contribution in [0.1, 0.15) is 38.2 Å². The molecule has 1 nitrogen and oxygen atoms in total. The molecule has 0 aromatic heterocycles. The van der Waals surface area contributed by atoms with Gasteiger partial charge in [-0.25, -0.2) is 0 Å². The van der Waals surface area contributed by atoms with E-state index < -0.39 is 0 Å². The van der Waals surface area contributed by atoms with Gasteiger partial charge in [0.1, 0.15) is 0 Å². The monoisotopic (exact) mass is 249 g/mol. The number of benzene rings is 1. The SMILES string of the molecule is CCSCC(C)NC1CC(c2ccccc2)C1. The summed E-state index contributed by atoms with van der Waals surface area (Å²) in [5.41, 5.74) is 1.51. The van der Waals surface area contributed by atoms with Crippen molar-refractivity contribution in [1.82, 2.24) is 5.32 Å². The van der Waals surface area contributed by atoms with Crippen molar-refractivity contribution in [2.45, 2.75) is 44.7 Å². The van der Waals surface area contributed by atoms with Gasteiger partial charge < -0.3 is 5.32 Å². The number of nitrogens with one attached hydrogen (secondary N) is 1. The molecule has 1 fully saturated rings. The number of hydrogen-bond acceptors (Lipinski definition) is 2. The molecule has 1 unspecified atom stereocenters. The van der Waals surface area contributed by atoms with Gasteiger partial charge in [0, 0.05) is 17.8 Å². The maximum atomic E-state index is 3.73. The van der Waals surface area contributed by atoms with Gasteiger partial charge in [-0.1, -0.05) is 37.3 Å². The Morgan fingerprint density at radius 2 is 2.00 bits per heavy atom. The van der Waals surface area contributed by atoms with Crippen LogP contribution in [0.5, 0.6) is 0 Å². The van der Waals surface area contributed by atoms with Crippen molar-refractivity contribution in [1.29, 1.82) is 0 Å². The van der Waals surface area contributed by atoms with E-state index in [2.05, 4.69) is 49.5 Å². The van der Waals surface area contributed by atoms with Crippen LogP contribution < -0.4 is 5.32 Å². The Kier molecular flexibility index (Phi) is 4.93. The standard InChI is InChI=1S/C15H23NS/c1-3-17-11-12(2)16-15-9-14(10-15)13-7-5-4-6-8-13/h4-8,12,14-16H,3,9-11H2,1-2H3. The number of thioether (sulfide) groups is 1. The molecule has 0 amide bonds. The number of hydrogen-bond donors (Lipinski definition) is 1. The molecule has 94 valence electrons. The van der Waals surface area contributed by atoms with Gasteiger partial charge >= 0.3 is 0 Å². The van der Waals surface area contributed by atoms with Crippen molar-refractivity contribution in [3.8, 4) is 0 Å². The summed E-state index contributed by atoms with van der Waals surface area (Å²) in [5, 5.41) is 3.73. The second-order valence-electron chi connectivity index (χ2n) is 5.00. The van der Waals surface area contributed by atoms with Gasteiger partial charge in [0.2, 0.25) is 0 Å². The second kappa shape index (κ2) is 6.46. The van der Waals surface area contributed by atoms with Gasteiger partial charge in [0.15, 0.2) is 0 Å². The molecule has 0 saturated heterocycles. The minimum Gasteiger partial charge on any atom is -0.311 e. The van der Waals surface area contributed by atoms with E-state index in [9.17, 15) is 0 Å². The van der Waals surface area contributed by atoms with Gasteiger partial charge in [-0.05, 0) is 37.0 Å². The molecule has 0 aliphatic heterocycles. The summed E-state index contributed by atoms with van der Waals surface area (Å²) in [7, 11) is 0. The van der Waals surface area contributed by atoms with Crippen molar-refractivity contribution < 1.29 is 0 Å². The third-order valence-corrected chi connectivity index (χ3v) is 4.65. The predicted octanol–water partition coefficient (Wildman–Crippen LogP) is 3.66. The minimum atomic E-state index is 0.654. The van der Waals surface area contributed by atoms with Crippen molar-refractivity contribution in [2.75, 3.05) is 11.5 Å². The minimum absolute atomic E-state index is 0.654. The lowest BCUT2D eigenvalue weighted by Crippen LogP contribution is -2.45. The zero-order valence-electron chi connectivity index (χ0n) is 10.9. The Balaban J connectivity index is 1.69. The van der Waals surface area contributed by atoms with E-state index in [1.54, 1.807) is 0 Å². The van der Waals surface area contributed by atoms with Crippen LogP contribution in [0.2, 0.25) is 0 Å². The van der Waals surface area contributed by atoms with Gasteiger partial charge in [0.05, 0.1) is 0 Å². The van der Waals surface area contributed by atoms with E-state index in [-0.39, 0.29) is 0 Å². The van der Waals surface area contributed by atoms with E-state index >= 15 is 0 Å². The molecule has 17 heavy (non-hydrogen) atoms. The molecule has 1 aromatic rings. The summed E-state index contributed by atoms with van der Waals surface area (Å²) in [6.07, 6.45) is 2.62. The first-order valence-electron chi connectivity index (χ1n) is 6.68. The molecule has 2 heteroatoms. The second-order valence-corrected chi connectivity index (χ2v) is 6.32. The summed E-state index contributed by atoms with van der Waals surface area (Å²) >= 11 is 2.03. The maximum absolute atomic E-state index is 3.73. The van der Waals surface area contributed by atoms with Crippen molar-refractivity contribution >= 4 is 11.8 Å². The summed E-state index contributed by atoms with van der Waals surface area (Å²) in [6.45, 7) is 4.53. The lowest BCUT2D eigenvalue weighted by molar-refractivity contribution is 0.276. The highest BCUT2D eigenvalue weighted by Gasteiger charge is 2.30. The Bertz CT molecular complexity index is 319. The molecule has 1 saturated carbocycles. The fraction of sp³-hybridized carbons (Fsp3) is 0.600. The zero-order valence-corrected chi connectivity index (χ0v) is 11.7. The van der Waals surface area contributed by atoms with Crippen LogP contribution in [0.4, 0.5) is 0 Å². The van der Waals surface area contributed by atoms with Gasteiger partial charge in [-0.3, -0.25) is 0 Å². The van der Waals surface area contributed by atoms with E-state index in [4.69, 9.17) is 0 Å². The normalized spacial score (nSPS) is 25.3. The van der Waals surface area contributed by atoms with Crippen LogP contribution in [0, 0.1) is 0 Å². The molecule has 0 spiro atoms. The molecule has 1 atom stereocenters. The highest BCUT2D eigenvalue weighted by atomic mass is 32.2. The molecule has 0 bridgehead atoms. The fourth-order valence-electron chi connectivity index (χ4n) is 2.50. The highest BCUT2D eigenvalue weighted by molar-refractivity contribution is 7.99. The van der Waals surface area contributed by atoms with Gasteiger partial charge in [-0.15, -0.1) is 0 Å². The van der Waals surface area contributed by atoms with Crippen molar-refractivity contribution in [3.63, 3.8) is 0 Å². The van der Waals surface area contributed by atoms with E-state index in [1.165, 1.54) is 29.9 Å². The quantitative estimate of drug-likeness (QED) is 0.825. The van der Waals surface area contributed by atoms with Crippen LogP contribution in [0.25, 0.3) is 0 Å². The molecule has 1 aliphatic rings. The smallest absolute Gasteiger partial charge is 0.0132 e. The van der Waals surface area contributed by atoms with Crippen molar-refractivity contribution in [3.05, 3.63) is 35.9 Å². The largest absolute Gasteiger partial charge is 0.311 e. The molecular formula is C15H23NS. The zero-order chi connectivity index (χ0) is 12.1. The lowest BCUT2D eigenvalue weighted by Gasteiger charge is -2.38. The fourth-order valence-corrected chi connectivity index (χ4v) is 3.18. The van der Waals surface area contributed by atoms with Crippen LogP contribution in [-0.4, -0.2) is 23.6 Å². The summed E-state index contributed by atoms with van der Waals surface area (Å²) < 4.78 is 0. The first kappa shape index (κ1) is 13.0. The summed E-state index contributed by atoms with van der Waals surface area (Å²) in [6, 6.07) is 12.3. The highest BCUT2D eigenvalue weighted by Crippen LogP contribution is 2.36. The van der Waals surface area contributed by atoms with Crippen LogP contribution in [0.3, 0.4) is 0 Å². The van der Waals surface area contributed by atoms with Gasteiger partial charge in [-0.2, -0.15) is 11.8 Å². The average molecular weight is 249 g/mol. The van der Waals surface area contributed by atoms with E-state index in [0.29, 0.717) is 6.04 Å².